The van der Waals surface area contributed by atoms with E-state index in [2.05, 4.69) is 15.9 Å². The lowest BCUT2D eigenvalue weighted by atomic mass is 10.1. The van der Waals surface area contributed by atoms with E-state index in [0.29, 0.717) is 10.9 Å². The molecule has 1 rings (SSSR count). The predicted octanol–water partition coefficient (Wildman–Crippen LogP) is 4.57. The smallest absolute Gasteiger partial charge is 0.294 e. The molecule has 0 heterocycles. The maximum Gasteiger partial charge on any atom is 0.446 e. The summed E-state index contributed by atoms with van der Waals surface area (Å²) >= 11 is 2.87. The van der Waals surface area contributed by atoms with E-state index >= 15 is 0 Å². The van der Waals surface area contributed by atoms with E-state index in [9.17, 15) is 18.0 Å². The van der Waals surface area contributed by atoms with Crippen molar-refractivity contribution in [2.75, 3.05) is 5.33 Å². The minimum atomic E-state index is -4.38. The molecule has 6 heteroatoms. The van der Waals surface area contributed by atoms with E-state index in [4.69, 9.17) is 0 Å². The van der Waals surface area contributed by atoms with E-state index in [-0.39, 0.29) is 34.4 Å². The molecule has 0 aliphatic heterocycles. The number of thioether (sulfide) groups is 1. The van der Waals surface area contributed by atoms with Gasteiger partial charge in [-0.3, -0.25) is 4.79 Å². The summed E-state index contributed by atoms with van der Waals surface area (Å²) in [5.74, 6) is -0.280. The Labute approximate surface area is 110 Å². The van der Waals surface area contributed by atoms with Gasteiger partial charge in [0.05, 0.1) is 0 Å². The molecule has 0 aliphatic rings. The SMILES string of the molecule is Cc1cccc(C(=O)CCBr)c1SC(F)(F)F. The molecular weight excluding hydrogens is 317 g/mol. The Morgan fingerprint density at radius 2 is 2.06 bits per heavy atom. The summed E-state index contributed by atoms with van der Waals surface area (Å²) < 4.78 is 37.2. The van der Waals surface area contributed by atoms with Gasteiger partial charge < -0.3 is 0 Å². The first-order valence-corrected chi connectivity index (χ1v) is 6.73. The monoisotopic (exact) mass is 326 g/mol. The Bertz CT molecular complexity index is 418. The van der Waals surface area contributed by atoms with Gasteiger partial charge in [0.1, 0.15) is 0 Å². The fourth-order valence-corrected chi connectivity index (χ4v) is 2.46. The van der Waals surface area contributed by atoms with Gasteiger partial charge in [-0.15, -0.1) is 0 Å². The zero-order valence-corrected chi connectivity index (χ0v) is 11.4. The number of Topliss-reactive ketones (excluding diaryl/α,β-unsaturated/α-hetero) is 1. The fourth-order valence-electron chi connectivity index (χ4n) is 1.34. The van der Waals surface area contributed by atoms with Gasteiger partial charge in [-0.2, -0.15) is 13.2 Å². The molecule has 0 saturated heterocycles. The van der Waals surface area contributed by atoms with Crippen LogP contribution in [0.1, 0.15) is 22.3 Å². The molecule has 1 nitrogen and oxygen atoms in total. The summed E-state index contributed by atoms with van der Waals surface area (Å²) in [7, 11) is 0. The average molecular weight is 327 g/mol. The van der Waals surface area contributed by atoms with Crippen LogP contribution in [0.4, 0.5) is 13.2 Å². The van der Waals surface area contributed by atoms with Gasteiger partial charge in [-0.25, -0.2) is 0 Å². The van der Waals surface area contributed by atoms with Gasteiger partial charge in [0.25, 0.3) is 0 Å². The second kappa shape index (κ2) is 5.91. The topological polar surface area (TPSA) is 17.1 Å². The minimum Gasteiger partial charge on any atom is -0.294 e. The van der Waals surface area contributed by atoms with Crippen molar-refractivity contribution in [3.63, 3.8) is 0 Å². The molecule has 0 unspecified atom stereocenters. The molecule has 0 atom stereocenters. The number of ketones is 1. The van der Waals surface area contributed by atoms with Gasteiger partial charge in [-0.1, -0.05) is 34.1 Å². The van der Waals surface area contributed by atoms with E-state index < -0.39 is 5.51 Å². The molecule has 0 saturated carbocycles. The fraction of sp³-hybridized carbons (Fsp3) is 0.364. The quantitative estimate of drug-likeness (QED) is 0.458. The normalized spacial score (nSPS) is 11.6. The summed E-state index contributed by atoms with van der Waals surface area (Å²) in [6, 6.07) is 4.60. The number of halogens is 4. The molecule has 0 aromatic heterocycles. The van der Waals surface area contributed by atoms with Crippen LogP contribution in [0.2, 0.25) is 0 Å². The standard InChI is InChI=1S/C11H10BrF3OS/c1-7-3-2-4-8(9(16)5-6-12)10(7)17-11(13,14)15/h2-4H,5-6H2,1H3. The number of hydrogen-bond acceptors (Lipinski definition) is 2. The van der Waals surface area contributed by atoms with Crippen molar-refractivity contribution in [3.8, 4) is 0 Å². The number of aryl methyl sites for hydroxylation is 1. The zero-order valence-electron chi connectivity index (χ0n) is 8.97. The summed E-state index contributed by atoms with van der Waals surface area (Å²) in [5, 5.41) is 0.440. The summed E-state index contributed by atoms with van der Waals surface area (Å²) in [6.07, 6.45) is 0.189. The Kier molecular flexibility index (Phi) is 5.06. The lowest BCUT2D eigenvalue weighted by molar-refractivity contribution is -0.0328. The van der Waals surface area contributed by atoms with Crippen molar-refractivity contribution in [2.24, 2.45) is 0 Å². The van der Waals surface area contributed by atoms with E-state index in [1.54, 1.807) is 19.1 Å². The van der Waals surface area contributed by atoms with Gasteiger partial charge in [0.2, 0.25) is 0 Å². The second-order valence-electron chi connectivity index (χ2n) is 3.36. The lowest BCUT2D eigenvalue weighted by Crippen LogP contribution is -2.07. The molecule has 17 heavy (non-hydrogen) atoms. The van der Waals surface area contributed by atoms with Crippen molar-refractivity contribution < 1.29 is 18.0 Å². The van der Waals surface area contributed by atoms with Crippen molar-refractivity contribution in [3.05, 3.63) is 29.3 Å². The molecular formula is C11H10BrF3OS. The summed E-state index contributed by atoms with van der Waals surface area (Å²) in [6.45, 7) is 1.57. The van der Waals surface area contributed by atoms with Crippen LogP contribution in [0.25, 0.3) is 0 Å². The Balaban J connectivity index is 3.13. The largest absolute Gasteiger partial charge is 0.446 e. The number of alkyl halides is 4. The zero-order chi connectivity index (χ0) is 13.1. The molecule has 94 valence electrons. The highest BCUT2D eigenvalue weighted by Crippen LogP contribution is 2.40. The van der Waals surface area contributed by atoms with Crippen LogP contribution < -0.4 is 0 Å². The second-order valence-corrected chi connectivity index (χ2v) is 5.23. The number of hydrogen-bond donors (Lipinski definition) is 0. The first-order chi connectivity index (χ1) is 7.85. The van der Waals surface area contributed by atoms with Gasteiger partial charge in [-0.05, 0) is 24.2 Å². The number of benzene rings is 1. The lowest BCUT2D eigenvalue weighted by Gasteiger charge is -2.12. The number of rotatable bonds is 4. The molecule has 0 fully saturated rings. The van der Waals surface area contributed by atoms with Crippen molar-refractivity contribution in [1.82, 2.24) is 0 Å². The van der Waals surface area contributed by atoms with Crippen LogP contribution in [-0.4, -0.2) is 16.6 Å². The first kappa shape index (κ1) is 14.6. The first-order valence-electron chi connectivity index (χ1n) is 4.79. The van der Waals surface area contributed by atoms with Gasteiger partial charge in [0.15, 0.2) is 5.78 Å². The predicted molar refractivity (Wildman–Crippen MR) is 65.8 cm³/mol. The van der Waals surface area contributed by atoms with Crippen LogP contribution in [0.3, 0.4) is 0 Å². The molecule has 0 spiro atoms. The Morgan fingerprint density at radius 1 is 1.41 bits per heavy atom. The maximum absolute atomic E-state index is 12.4. The molecule has 0 radical (unpaired) electrons. The third-order valence-electron chi connectivity index (χ3n) is 2.05. The van der Waals surface area contributed by atoms with Crippen molar-refractivity contribution >= 4 is 33.5 Å². The van der Waals surface area contributed by atoms with Crippen LogP contribution in [0.5, 0.6) is 0 Å². The van der Waals surface area contributed by atoms with Crippen molar-refractivity contribution in [1.29, 1.82) is 0 Å². The Morgan fingerprint density at radius 3 is 2.59 bits per heavy atom. The molecule has 0 bridgehead atoms. The minimum absolute atomic E-state index is 0.00551. The third kappa shape index (κ3) is 4.35. The van der Waals surface area contributed by atoms with Crippen LogP contribution in [0, 0.1) is 6.92 Å². The highest BCUT2D eigenvalue weighted by atomic mass is 79.9. The van der Waals surface area contributed by atoms with Gasteiger partial charge >= 0.3 is 5.51 Å². The van der Waals surface area contributed by atoms with Crippen molar-refractivity contribution in [2.45, 2.75) is 23.7 Å². The maximum atomic E-state index is 12.4. The highest BCUT2D eigenvalue weighted by molar-refractivity contribution is 9.09. The van der Waals surface area contributed by atoms with E-state index in [1.165, 1.54) is 6.07 Å². The number of carbonyl (C=O) groups excluding carboxylic acids is 1. The molecule has 1 aromatic carbocycles. The molecule has 0 N–H and O–H groups in total. The molecule has 0 amide bonds. The molecule has 1 aromatic rings. The van der Waals surface area contributed by atoms with Crippen LogP contribution >= 0.6 is 27.7 Å². The van der Waals surface area contributed by atoms with Gasteiger partial charge in [0, 0.05) is 22.2 Å². The summed E-state index contributed by atoms with van der Waals surface area (Å²) in [4.78, 5) is 11.7. The highest BCUT2D eigenvalue weighted by Gasteiger charge is 2.32. The average Bonchev–Trinajstić information content (AvgIpc) is 2.19. The van der Waals surface area contributed by atoms with E-state index in [1.807, 2.05) is 0 Å². The third-order valence-corrected chi connectivity index (χ3v) is 3.43. The van der Waals surface area contributed by atoms with E-state index in [0.717, 1.165) is 0 Å². The van der Waals surface area contributed by atoms with Crippen LogP contribution in [0.15, 0.2) is 23.1 Å². The van der Waals surface area contributed by atoms with Crippen LogP contribution in [-0.2, 0) is 0 Å². The Hall–Kier alpha value is -0.490. The molecule has 0 aliphatic carbocycles. The summed E-state index contributed by atoms with van der Waals surface area (Å²) in [5.41, 5.74) is -3.77. The number of carbonyl (C=O) groups is 1.